The summed E-state index contributed by atoms with van der Waals surface area (Å²) in [6.45, 7) is 2.52. The van der Waals surface area contributed by atoms with Crippen molar-refractivity contribution in [1.29, 1.82) is 0 Å². The van der Waals surface area contributed by atoms with Gasteiger partial charge in [0, 0.05) is 31.8 Å². The summed E-state index contributed by atoms with van der Waals surface area (Å²) in [4.78, 5) is 12.2. The summed E-state index contributed by atoms with van der Waals surface area (Å²) < 4.78 is 32.0. The largest absolute Gasteiger partial charge is 0.376 e. The monoisotopic (exact) mass is 366 g/mol. The number of hydrogen-bond acceptors (Lipinski definition) is 4. The van der Waals surface area contributed by atoms with Gasteiger partial charge in [-0.25, -0.2) is 12.7 Å². The van der Waals surface area contributed by atoms with Gasteiger partial charge in [0.05, 0.1) is 11.9 Å². The van der Waals surface area contributed by atoms with Gasteiger partial charge in [0.15, 0.2) is 0 Å². The molecule has 138 valence electrons. The van der Waals surface area contributed by atoms with Crippen LogP contribution in [0.2, 0.25) is 0 Å². The molecule has 0 radical (unpaired) electrons. The summed E-state index contributed by atoms with van der Waals surface area (Å²) in [5.41, 5.74) is 1.25. The number of rotatable bonds is 6. The van der Waals surface area contributed by atoms with Crippen LogP contribution in [0.25, 0.3) is 0 Å². The highest BCUT2D eigenvalue weighted by Crippen LogP contribution is 2.17. The van der Waals surface area contributed by atoms with Crippen molar-refractivity contribution in [1.82, 2.24) is 9.62 Å². The predicted molar refractivity (Wildman–Crippen MR) is 95.8 cm³/mol. The van der Waals surface area contributed by atoms with Gasteiger partial charge in [-0.3, -0.25) is 4.79 Å². The van der Waals surface area contributed by atoms with Crippen LogP contribution in [0.4, 0.5) is 0 Å². The molecule has 1 amide bonds. The van der Waals surface area contributed by atoms with Crippen LogP contribution < -0.4 is 5.32 Å². The maximum atomic E-state index is 12.5. The summed E-state index contributed by atoms with van der Waals surface area (Å²) >= 11 is 0. The van der Waals surface area contributed by atoms with E-state index < -0.39 is 10.0 Å². The van der Waals surface area contributed by atoms with Gasteiger partial charge in [-0.15, -0.1) is 0 Å². The molecule has 0 aliphatic carbocycles. The Balaban J connectivity index is 1.55. The first-order valence-electron chi connectivity index (χ1n) is 9.01. The van der Waals surface area contributed by atoms with Gasteiger partial charge in [-0.05, 0) is 43.4 Å². The highest BCUT2D eigenvalue weighted by atomic mass is 32.2. The highest BCUT2D eigenvalue weighted by molar-refractivity contribution is 7.88. The van der Waals surface area contributed by atoms with Gasteiger partial charge in [-0.2, -0.15) is 0 Å². The van der Waals surface area contributed by atoms with E-state index in [1.807, 2.05) is 0 Å². The minimum Gasteiger partial charge on any atom is -0.376 e. The fourth-order valence-corrected chi connectivity index (χ4v) is 4.92. The average molecular weight is 366 g/mol. The standard InChI is InChI=1S/C18H26N2O4S/c21-18(19-13-17-5-4-12-24-17)16-8-6-15(7-9-16)14-25(22,23)20-10-2-1-3-11-20/h6-9,17H,1-5,10-14H2,(H,19,21). The van der Waals surface area contributed by atoms with Crippen molar-refractivity contribution in [2.75, 3.05) is 26.2 Å². The number of sulfonamides is 1. The van der Waals surface area contributed by atoms with Crippen LogP contribution in [0.3, 0.4) is 0 Å². The number of carbonyl (C=O) groups excluding carboxylic acids is 1. The van der Waals surface area contributed by atoms with Crippen molar-refractivity contribution in [3.8, 4) is 0 Å². The third kappa shape index (κ3) is 5.03. The molecular formula is C18H26N2O4S. The molecule has 2 aliphatic heterocycles. The summed E-state index contributed by atoms with van der Waals surface area (Å²) in [7, 11) is -3.27. The zero-order valence-electron chi connectivity index (χ0n) is 14.4. The Hall–Kier alpha value is -1.44. The number of piperidine rings is 1. The van der Waals surface area contributed by atoms with E-state index in [1.54, 1.807) is 28.6 Å². The minimum atomic E-state index is -3.27. The molecule has 7 heteroatoms. The van der Waals surface area contributed by atoms with E-state index in [2.05, 4.69) is 5.32 Å². The second-order valence-corrected chi connectivity index (χ2v) is 8.73. The molecule has 0 saturated carbocycles. The lowest BCUT2D eigenvalue weighted by Crippen LogP contribution is -2.36. The first kappa shape index (κ1) is 18.4. The van der Waals surface area contributed by atoms with E-state index in [-0.39, 0.29) is 17.8 Å². The molecule has 0 spiro atoms. The van der Waals surface area contributed by atoms with Crippen LogP contribution >= 0.6 is 0 Å². The quantitative estimate of drug-likeness (QED) is 0.834. The first-order chi connectivity index (χ1) is 12.0. The van der Waals surface area contributed by atoms with Crippen LogP contribution in [0.5, 0.6) is 0 Å². The molecule has 1 N–H and O–H groups in total. The van der Waals surface area contributed by atoms with Gasteiger partial charge >= 0.3 is 0 Å². The smallest absolute Gasteiger partial charge is 0.251 e. The van der Waals surface area contributed by atoms with Crippen molar-refractivity contribution >= 4 is 15.9 Å². The molecule has 1 aromatic rings. The lowest BCUT2D eigenvalue weighted by atomic mass is 10.1. The zero-order valence-corrected chi connectivity index (χ0v) is 15.3. The second-order valence-electron chi connectivity index (χ2n) is 6.76. The lowest BCUT2D eigenvalue weighted by molar-refractivity contribution is 0.0858. The van der Waals surface area contributed by atoms with Crippen LogP contribution in [0.15, 0.2) is 24.3 Å². The maximum absolute atomic E-state index is 12.5. The third-order valence-corrected chi connectivity index (χ3v) is 6.64. The number of nitrogens with zero attached hydrogens (tertiary/aromatic N) is 1. The Labute approximate surface area is 149 Å². The summed E-state index contributed by atoms with van der Waals surface area (Å²) in [6, 6.07) is 6.82. The van der Waals surface area contributed by atoms with Crippen molar-refractivity contribution in [2.24, 2.45) is 0 Å². The van der Waals surface area contributed by atoms with E-state index in [0.717, 1.165) is 38.7 Å². The molecule has 2 fully saturated rings. The van der Waals surface area contributed by atoms with Crippen molar-refractivity contribution in [2.45, 2.75) is 44.0 Å². The summed E-state index contributed by atoms with van der Waals surface area (Å²) in [6.07, 6.45) is 5.10. The number of nitrogens with one attached hydrogen (secondary N) is 1. The molecule has 3 rings (SSSR count). The molecule has 1 atom stereocenters. The zero-order chi connectivity index (χ0) is 17.7. The predicted octanol–water partition coefficient (Wildman–Crippen LogP) is 1.91. The van der Waals surface area contributed by atoms with Crippen LogP contribution in [0.1, 0.15) is 48.0 Å². The number of amides is 1. The Morgan fingerprint density at radius 2 is 1.84 bits per heavy atom. The maximum Gasteiger partial charge on any atom is 0.251 e. The van der Waals surface area contributed by atoms with Crippen LogP contribution in [-0.4, -0.2) is 51.0 Å². The molecular weight excluding hydrogens is 340 g/mol. The van der Waals surface area contributed by atoms with Crippen molar-refractivity contribution in [3.05, 3.63) is 35.4 Å². The molecule has 2 heterocycles. The number of hydrogen-bond donors (Lipinski definition) is 1. The van der Waals surface area contributed by atoms with Crippen LogP contribution in [0, 0.1) is 0 Å². The normalized spacial score (nSPS) is 22.0. The van der Waals surface area contributed by atoms with E-state index in [1.165, 1.54) is 0 Å². The van der Waals surface area contributed by atoms with Gasteiger partial charge in [0.1, 0.15) is 0 Å². The topological polar surface area (TPSA) is 75.7 Å². The van der Waals surface area contributed by atoms with Gasteiger partial charge in [-0.1, -0.05) is 18.6 Å². The Morgan fingerprint density at radius 1 is 1.12 bits per heavy atom. The summed E-state index contributed by atoms with van der Waals surface area (Å²) in [5, 5.41) is 2.87. The summed E-state index contributed by atoms with van der Waals surface area (Å²) in [5.74, 6) is -0.161. The second kappa shape index (κ2) is 8.29. The molecule has 2 saturated heterocycles. The number of ether oxygens (including phenoxy) is 1. The van der Waals surface area contributed by atoms with E-state index in [4.69, 9.17) is 4.74 Å². The van der Waals surface area contributed by atoms with Crippen LogP contribution in [-0.2, 0) is 20.5 Å². The molecule has 0 aromatic heterocycles. The minimum absolute atomic E-state index is 0.00911. The number of benzene rings is 1. The van der Waals surface area contributed by atoms with Crippen molar-refractivity contribution < 1.29 is 17.9 Å². The molecule has 2 aliphatic rings. The molecule has 25 heavy (non-hydrogen) atoms. The van der Waals surface area contributed by atoms with Gasteiger partial charge in [0.25, 0.3) is 5.91 Å². The third-order valence-electron chi connectivity index (χ3n) is 4.79. The Morgan fingerprint density at radius 3 is 2.48 bits per heavy atom. The SMILES string of the molecule is O=C(NCC1CCCO1)c1ccc(CS(=O)(=O)N2CCCCC2)cc1. The van der Waals surface area contributed by atoms with Gasteiger partial charge < -0.3 is 10.1 Å². The fraction of sp³-hybridized carbons (Fsp3) is 0.611. The molecule has 1 aromatic carbocycles. The van der Waals surface area contributed by atoms with Gasteiger partial charge in [0.2, 0.25) is 10.0 Å². The highest BCUT2D eigenvalue weighted by Gasteiger charge is 2.24. The molecule has 1 unspecified atom stereocenters. The molecule has 0 bridgehead atoms. The van der Waals surface area contributed by atoms with E-state index in [9.17, 15) is 13.2 Å². The van der Waals surface area contributed by atoms with Crippen molar-refractivity contribution in [3.63, 3.8) is 0 Å². The van der Waals surface area contributed by atoms with E-state index in [0.29, 0.717) is 30.8 Å². The average Bonchev–Trinajstić information content (AvgIpc) is 3.14. The van der Waals surface area contributed by atoms with E-state index >= 15 is 0 Å². The first-order valence-corrected chi connectivity index (χ1v) is 10.6. The lowest BCUT2D eigenvalue weighted by Gasteiger charge is -2.25. The molecule has 6 nitrogen and oxygen atoms in total. The number of carbonyl (C=O) groups is 1. The fourth-order valence-electron chi connectivity index (χ4n) is 3.31. The Bertz CT molecular complexity index is 676. The Kier molecular flexibility index (Phi) is 6.09.